The van der Waals surface area contributed by atoms with Gasteiger partial charge in [0.05, 0.1) is 17.9 Å². The number of rotatable bonds is 5. The molecule has 2 amide bonds. The molecule has 25 heavy (non-hydrogen) atoms. The highest BCUT2D eigenvalue weighted by Crippen LogP contribution is 2.25. The molecule has 0 radical (unpaired) electrons. The van der Waals surface area contributed by atoms with Crippen LogP contribution in [0.25, 0.3) is 0 Å². The molecule has 1 N–H and O–H groups in total. The third-order valence-electron chi connectivity index (χ3n) is 4.64. The number of anilines is 1. The fourth-order valence-electron chi connectivity index (χ4n) is 3.33. The van der Waals surface area contributed by atoms with E-state index in [2.05, 4.69) is 10.2 Å². The van der Waals surface area contributed by atoms with Crippen molar-refractivity contribution < 1.29 is 14.3 Å². The number of benzene rings is 1. The zero-order valence-corrected chi connectivity index (χ0v) is 15.2. The molecule has 0 bridgehead atoms. The third-order valence-corrected chi connectivity index (χ3v) is 4.64. The minimum absolute atomic E-state index is 0.0587. The van der Waals surface area contributed by atoms with E-state index in [1.165, 1.54) is 6.42 Å². The lowest BCUT2D eigenvalue weighted by Crippen LogP contribution is -2.51. The zero-order chi connectivity index (χ0) is 17.6. The van der Waals surface area contributed by atoms with E-state index in [1.54, 1.807) is 0 Å². The maximum Gasteiger partial charge on any atom is 0.322 e. The van der Waals surface area contributed by atoms with E-state index in [-0.39, 0.29) is 12.1 Å². The van der Waals surface area contributed by atoms with Gasteiger partial charge in [0.25, 0.3) is 0 Å². The molecule has 1 aromatic rings. The van der Waals surface area contributed by atoms with Gasteiger partial charge in [0.1, 0.15) is 5.75 Å². The van der Waals surface area contributed by atoms with Gasteiger partial charge in [-0.15, -0.1) is 0 Å². The first-order valence-electron chi connectivity index (χ1n) is 9.27. The molecule has 138 valence electrons. The van der Waals surface area contributed by atoms with E-state index in [0.717, 1.165) is 51.4 Å². The fraction of sp³-hybridized carbons (Fsp3) is 0.632. The average Bonchev–Trinajstić information content (AvgIpc) is 3.10. The molecule has 1 aromatic carbocycles. The Morgan fingerprint density at radius 3 is 2.72 bits per heavy atom. The number of nitrogens with one attached hydrogen (secondary N) is 1. The minimum Gasteiger partial charge on any atom is -0.489 e. The summed E-state index contributed by atoms with van der Waals surface area (Å²) in [7, 11) is 0. The highest BCUT2D eigenvalue weighted by molar-refractivity contribution is 5.91. The molecule has 0 spiro atoms. The number of para-hydroxylation sites is 2. The van der Waals surface area contributed by atoms with Crippen LogP contribution in [0.15, 0.2) is 24.3 Å². The van der Waals surface area contributed by atoms with Crippen LogP contribution in [0.2, 0.25) is 0 Å². The summed E-state index contributed by atoms with van der Waals surface area (Å²) in [6.07, 6.45) is 2.78. The number of carbonyl (C=O) groups excluding carboxylic acids is 1. The van der Waals surface area contributed by atoms with E-state index in [9.17, 15) is 4.79 Å². The molecule has 2 saturated heterocycles. The number of hydrogen-bond donors (Lipinski definition) is 1. The Morgan fingerprint density at radius 1 is 1.28 bits per heavy atom. The third kappa shape index (κ3) is 5.09. The molecule has 6 heteroatoms. The minimum atomic E-state index is -0.0587. The summed E-state index contributed by atoms with van der Waals surface area (Å²) in [5.41, 5.74) is 0.725. The van der Waals surface area contributed by atoms with Gasteiger partial charge in [-0.2, -0.15) is 0 Å². The second-order valence-electron chi connectivity index (χ2n) is 7.02. The lowest BCUT2D eigenvalue weighted by molar-refractivity contribution is 0.0571. The maximum absolute atomic E-state index is 12.6. The smallest absolute Gasteiger partial charge is 0.322 e. The normalized spacial score (nSPS) is 21.6. The predicted molar refractivity (Wildman–Crippen MR) is 98.2 cm³/mol. The number of hydrogen-bond acceptors (Lipinski definition) is 4. The molecule has 0 aliphatic carbocycles. The standard InChI is InChI=1S/C19H29N3O3/c1-15(2)25-18-8-4-3-7-17(18)20-19(23)22-11-9-21(10-12-22)14-16-6-5-13-24-16/h3-4,7-8,15-16H,5-6,9-14H2,1-2H3,(H,20,23). The summed E-state index contributed by atoms with van der Waals surface area (Å²) in [5, 5.41) is 2.99. The first kappa shape index (κ1) is 18.0. The van der Waals surface area contributed by atoms with Gasteiger partial charge in [-0.05, 0) is 38.8 Å². The fourth-order valence-corrected chi connectivity index (χ4v) is 3.33. The number of ether oxygens (including phenoxy) is 2. The van der Waals surface area contributed by atoms with Crippen molar-refractivity contribution in [2.24, 2.45) is 0 Å². The molecule has 0 aromatic heterocycles. The van der Waals surface area contributed by atoms with Crippen LogP contribution in [0.3, 0.4) is 0 Å². The van der Waals surface area contributed by atoms with E-state index >= 15 is 0 Å². The number of carbonyl (C=O) groups is 1. The van der Waals surface area contributed by atoms with Crippen molar-refractivity contribution >= 4 is 11.7 Å². The summed E-state index contributed by atoms with van der Waals surface area (Å²) >= 11 is 0. The number of amides is 2. The number of piperazine rings is 1. The Balaban J connectivity index is 1.49. The van der Waals surface area contributed by atoms with Gasteiger partial charge in [-0.25, -0.2) is 4.79 Å². The van der Waals surface area contributed by atoms with Crippen molar-refractivity contribution in [1.29, 1.82) is 0 Å². The summed E-state index contributed by atoms with van der Waals surface area (Å²) < 4.78 is 11.5. The van der Waals surface area contributed by atoms with Gasteiger partial charge >= 0.3 is 6.03 Å². The second kappa shape index (κ2) is 8.54. The summed E-state index contributed by atoms with van der Waals surface area (Å²) in [5.74, 6) is 0.711. The Bertz CT molecular complexity index is 565. The van der Waals surface area contributed by atoms with Crippen molar-refractivity contribution in [3.8, 4) is 5.75 Å². The number of urea groups is 1. The van der Waals surface area contributed by atoms with Crippen LogP contribution in [0.1, 0.15) is 26.7 Å². The van der Waals surface area contributed by atoms with Crippen molar-refractivity contribution in [3.63, 3.8) is 0 Å². The van der Waals surface area contributed by atoms with Gasteiger partial charge in [0.15, 0.2) is 0 Å². The summed E-state index contributed by atoms with van der Waals surface area (Å²) in [6.45, 7) is 9.12. The Hall–Kier alpha value is -1.79. The van der Waals surface area contributed by atoms with Crippen molar-refractivity contribution in [2.75, 3.05) is 44.6 Å². The van der Waals surface area contributed by atoms with E-state index in [4.69, 9.17) is 9.47 Å². The first-order valence-corrected chi connectivity index (χ1v) is 9.27. The molecule has 1 unspecified atom stereocenters. The lowest BCUT2D eigenvalue weighted by atomic mass is 10.2. The van der Waals surface area contributed by atoms with Gasteiger partial charge in [-0.3, -0.25) is 4.90 Å². The van der Waals surface area contributed by atoms with Gasteiger partial charge in [0.2, 0.25) is 0 Å². The molecular weight excluding hydrogens is 318 g/mol. The van der Waals surface area contributed by atoms with Crippen molar-refractivity contribution in [2.45, 2.75) is 38.9 Å². The molecule has 2 fully saturated rings. The predicted octanol–water partition coefficient (Wildman–Crippen LogP) is 2.80. The highest BCUT2D eigenvalue weighted by atomic mass is 16.5. The monoisotopic (exact) mass is 347 g/mol. The molecule has 0 saturated carbocycles. The van der Waals surface area contributed by atoms with Crippen LogP contribution in [0.5, 0.6) is 5.75 Å². The number of nitrogens with zero attached hydrogens (tertiary/aromatic N) is 2. The van der Waals surface area contributed by atoms with Crippen LogP contribution in [-0.4, -0.2) is 67.4 Å². The second-order valence-corrected chi connectivity index (χ2v) is 7.02. The van der Waals surface area contributed by atoms with Gasteiger partial charge in [0, 0.05) is 39.3 Å². The zero-order valence-electron chi connectivity index (χ0n) is 15.2. The van der Waals surface area contributed by atoms with Crippen LogP contribution in [0.4, 0.5) is 10.5 Å². The topological polar surface area (TPSA) is 54.0 Å². The quantitative estimate of drug-likeness (QED) is 0.890. The summed E-state index contributed by atoms with van der Waals surface area (Å²) in [4.78, 5) is 16.8. The average molecular weight is 347 g/mol. The molecule has 1 atom stereocenters. The van der Waals surface area contributed by atoms with Crippen LogP contribution < -0.4 is 10.1 Å². The summed E-state index contributed by atoms with van der Waals surface area (Å²) in [6, 6.07) is 7.52. The van der Waals surface area contributed by atoms with Gasteiger partial charge < -0.3 is 19.7 Å². The highest BCUT2D eigenvalue weighted by Gasteiger charge is 2.25. The molecule has 2 heterocycles. The van der Waals surface area contributed by atoms with Crippen LogP contribution >= 0.6 is 0 Å². The van der Waals surface area contributed by atoms with E-state index < -0.39 is 0 Å². The SMILES string of the molecule is CC(C)Oc1ccccc1NC(=O)N1CCN(CC2CCCO2)CC1. The molecular formula is C19H29N3O3. The Kier molecular flexibility index (Phi) is 6.15. The first-order chi connectivity index (χ1) is 12.1. The molecule has 3 rings (SSSR count). The Labute approximate surface area is 150 Å². The van der Waals surface area contributed by atoms with Gasteiger partial charge in [-0.1, -0.05) is 12.1 Å². The van der Waals surface area contributed by atoms with E-state index in [1.807, 2.05) is 43.0 Å². The Morgan fingerprint density at radius 2 is 2.04 bits per heavy atom. The van der Waals surface area contributed by atoms with Crippen LogP contribution in [-0.2, 0) is 4.74 Å². The largest absolute Gasteiger partial charge is 0.489 e. The molecule has 2 aliphatic rings. The molecule has 2 aliphatic heterocycles. The lowest BCUT2D eigenvalue weighted by Gasteiger charge is -2.35. The maximum atomic E-state index is 12.6. The van der Waals surface area contributed by atoms with Crippen LogP contribution in [0, 0.1) is 0 Å². The van der Waals surface area contributed by atoms with Crippen molar-refractivity contribution in [3.05, 3.63) is 24.3 Å². The van der Waals surface area contributed by atoms with E-state index in [0.29, 0.717) is 11.9 Å². The van der Waals surface area contributed by atoms with Crippen molar-refractivity contribution in [1.82, 2.24) is 9.80 Å². The molecule has 6 nitrogen and oxygen atoms in total.